The van der Waals surface area contributed by atoms with Gasteiger partial charge in [-0.25, -0.2) is 0 Å². The zero-order valence-corrected chi connectivity index (χ0v) is 29.4. The molecule has 1 aromatic heterocycles. The van der Waals surface area contributed by atoms with Gasteiger partial charge in [-0.3, -0.25) is 4.79 Å². The van der Waals surface area contributed by atoms with E-state index in [-0.39, 0.29) is 11.4 Å². The molecule has 8 heteroatoms. The van der Waals surface area contributed by atoms with Crippen LogP contribution in [0.15, 0.2) is 72.1 Å². The number of likely N-dealkylation sites (tertiary alicyclic amines) is 1. The second-order valence-electron chi connectivity index (χ2n) is 13.1. The molecule has 1 saturated heterocycles. The number of thiophene rings is 1. The summed E-state index contributed by atoms with van der Waals surface area (Å²) in [7, 11) is 7.55. The number of para-hydroxylation sites is 1. The van der Waals surface area contributed by atoms with Crippen LogP contribution < -0.4 is 9.64 Å². The Morgan fingerprint density at radius 1 is 1.00 bits per heavy atom. The van der Waals surface area contributed by atoms with E-state index in [1.54, 1.807) is 14.2 Å². The Morgan fingerprint density at radius 3 is 2.39 bits per heavy atom. The van der Waals surface area contributed by atoms with Crippen molar-refractivity contribution in [3.05, 3.63) is 82.6 Å². The fraction of sp³-hybridized carbons (Fsp3) is 0.553. The standard InChI is InChI=1S/C22H30N2O2S.C16H25NO2/c1-3-21(25)24(19-8-5-4-6-9-19)22(18-26-2)12-15-23(16-13-22)14-11-20-10-7-17-27-20;1-17(2)12-14-7-4-5-10-16(14,18)13-8-6-9-15(11-13)19-3/h4-10,17H,3,11-16,18H2,1-2H3;6,8-9,11,14,18H,4-5,7,10,12H2,1-3H3/t;14-,16+/m.1/s1. The van der Waals surface area contributed by atoms with Crippen molar-refractivity contribution in [1.29, 1.82) is 0 Å². The number of nitrogens with zero attached hydrogens (tertiary/aromatic N) is 3. The zero-order valence-electron chi connectivity index (χ0n) is 28.6. The van der Waals surface area contributed by atoms with Crippen LogP contribution in [0, 0.1) is 5.92 Å². The summed E-state index contributed by atoms with van der Waals surface area (Å²) < 4.78 is 10.9. The highest BCUT2D eigenvalue weighted by Gasteiger charge is 2.43. The summed E-state index contributed by atoms with van der Waals surface area (Å²) in [6.45, 7) is 6.51. The molecule has 252 valence electrons. The third-order valence-corrected chi connectivity index (χ3v) is 10.6. The van der Waals surface area contributed by atoms with Gasteiger partial charge in [0.25, 0.3) is 0 Å². The SMILES string of the molecule is CCC(=O)N(c1ccccc1)C1(COC)CCN(CCc2cccs2)CC1.COc1cccc([C@@]2(O)CCCC[C@@H]2CN(C)C)c1. The number of carbonyl (C=O) groups excluding carboxylic acids is 1. The Morgan fingerprint density at radius 2 is 1.76 bits per heavy atom. The Balaban J connectivity index is 0.000000222. The minimum absolute atomic E-state index is 0.172. The Kier molecular flexibility index (Phi) is 13.7. The molecule has 1 aliphatic carbocycles. The second-order valence-corrected chi connectivity index (χ2v) is 14.1. The minimum atomic E-state index is -0.711. The highest BCUT2D eigenvalue weighted by Crippen LogP contribution is 2.42. The lowest BCUT2D eigenvalue weighted by atomic mass is 9.71. The highest BCUT2D eigenvalue weighted by molar-refractivity contribution is 7.09. The average molecular weight is 650 g/mol. The monoisotopic (exact) mass is 649 g/mol. The smallest absolute Gasteiger partial charge is 0.227 e. The zero-order chi connectivity index (χ0) is 33.0. The van der Waals surface area contributed by atoms with Crippen molar-refractivity contribution in [1.82, 2.24) is 9.80 Å². The number of hydrogen-bond donors (Lipinski definition) is 1. The number of piperidine rings is 1. The van der Waals surface area contributed by atoms with Crippen molar-refractivity contribution in [3.8, 4) is 5.75 Å². The quantitative estimate of drug-likeness (QED) is 0.232. The van der Waals surface area contributed by atoms with Gasteiger partial charge in [0, 0.05) is 56.2 Å². The lowest BCUT2D eigenvalue weighted by molar-refractivity contribution is -0.120. The van der Waals surface area contributed by atoms with Crippen molar-refractivity contribution in [2.45, 2.75) is 69.4 Å². The Bertz CT molecular complexity index is 1310. The fourth-order valence-corrected chi connectivity index (χ4v) is 7.92. The van der Waals surface area contributed by atoms with Gasteiger partial charge in [0.2, 0.25) is 5.91 Å². The summed E-state index contributed by atoms with van der Waals surface area (Å²) in [5, 5.41) is 13.3. The Hall–Kier alpha value is -2.75. The molecule has 2 fully saturated rings. The number of benzene rings is 2. The van der Waals surface area contributed by atoms with E-state index in [0.29, 0.717) is 18.9 Å². The molecule has 0 spiro atoms. The molecule has 46 heavy (non-hydrogen) atoms. The molecular formula is C38H55N3O4S. The Labute approximate surface area is 281 Å². The summed E-state index contributed by atoms with van der Waals surface area (Å²) in [5.41, 5.74) is 1.01. The van der Waals surface area contributed by atoms with Crippen molar-refractivity contribution in [2.75, 3.05) is 66.0 Å². The maximum Gasteiger partial charge on any atom is 0.227 e. The molecule has 7 nitrogen and oxygen atoms in total. The predicted molar refractivity (Wildman–Crippen MR) is 190 cm³/mol. The number of rotatable bonds is 12. The van der Waals surface area contributed by atoms with Crippen molar-refractivity contribution in [2.24, 2.45) is 5.92 Å². The van der Waals surface area contributed by atoms with E-state index in [4.69, 9.17) is 9.47 Å². The van der Waals surface area contributed by atoms with Crippen LogP contribution in [0.25, 0.3) is 0 Å². The molecule has 2 aliphatic rings. The summed E-state index contributed by atoms with van der Waals surface area (Å²) in [6.07, 6.45) is 7.72. The second kappa shape index (κ2) is 17.4. The van der Waals surface area contributed by atoms with E-state index in [1.165, 1.54) is 11.3 Å². The number of carbonyl (C=O) groups is 1. The number of amides is 1. The molecule has 2 aromatic carbocycles. The predicted octanol–water partition coefficient (Wildman–Crippen LogP) is 6.85. The van der Waals surface area contributed by atoms with E-state index < -0.39 is 5.60 Å². The molecule has 2 atom stereocenters. The number of aliphatic hydroxyl groups is 1. The van der Waals surface area contributed by atoms with Crippen LogP contribution in [0.4, 0.5) is 5.69 Å². The molecule has 1 aliphatic heterocycles. The lowest BCUT2D eigenvalue weighted by Gasteiger charge is -2.48. The van der Waals surface area contributed by atoms with Gasteiger partial charge in [-0.1, -0.05) is 56.2 Å². The first kappa shape index (κ1) is 36.1. The molecule has 0 radical (unpaired) electrons. The third-order valence-electron chi connectivity index (χ3n) is 9.69. The van der Waals surface area contributed by atoms with Crippen LogP contribution in [-0.2, 0) is 21.6 Å². The number of anilines is 1. The molecular weight excluding hydrogens is 595 g/mol. The van der Waals surface area contributed by atoms with Crippen LogP contribution in [0.1, 0.15) is 62.3 Å². The van der Waals surface area contributed by atoms with Gasteiger partial charge in [0.15, 0.2) is 0 Å². The average Bonchev–Trinajstić information content (AvgIpc) is 3.60. The third kappa shape index (κ3) is 9.20. The summed E-state index contributed by atoms with van der Waals surface area (Å²) >= 11 is 1.83. The van der Waals surface area contributed by atoms with Crippen LogP contribution in [-0.4, -0.2) is 87.5 Å². The van der Waals surface area contributed by atoms with E-state index in [0.717, 1.165) is 81.7 Å². The topological polar surface area (TPSA) is 65.5 Å². The van der Waals surface area contributed by atoms with Gasteiger partial charge in [-0.2, -0.15) is 0 Å². The molecule has 0 bridgehead atoms. The first-order valence-corrected chi connectivity index (χ1v) is 17.8. The maximum absolute atomic E-state index is 12.9. The lowest BCUT2D eigenvalue weighted by Crippen LogP contribution is -2.60. The van der Waals surface area contributed by atoms with Crippen molar-refractivity contribution < 1.29 is 19.4 Å². The van der Waals surface area contributed by atoms with E-state index in [2.05, 4.69) is 41.4 Å². The fourth-order valence-electron chi connectivity index (χ4n) is 7.22. The first-order chi connectivity index (χ1) is 22.2. The molecule has 5 rings (SSSR count). The van der Waals surface area contributed by atoms with Crippen LogP contribution in [0.2, 0.25) is 0 Å². The number of hydrogen-bond acceptors (Lipinski definition) is 7. The van der Waals surface area contributed by atoms with Gasteiger partial charge in [0.1, 0.15) is 5.75 Å². The number of methoxy groups -OCH3 is 2. The van der Waals surface area contributed by atoms with Crippen molar-refractivity contribution in [3.63, 3.8) is 0 Å². The van der Waals surface area contributed by atoms with Crippen molar-refractivity contribution >= 4 is 22.9 Å². The van der Waals surface area contributed by atoms with Gasteiger partial charge in [-0.15, -0.1) is 11.3 Å². The maximum atomic E-state index is 12.9. The normalized spacial score (nSPS) is 21.3. The molecule has 1 amide bonds. The van der Waals surface area contributed by atoms with Crippen LogP contribution >= 0.6 is 11.3 Å². The highest BCUT2D eigenvalue weighted by atomic mass is 32.1. The van der Waals surface area contributed by atoms with Gasteiger partial charge >= 0.3 is 0 Å². The summed E-state index contributed by atoms with van der Waals surface area (Å²) in [6, 6.07) is 22.3. The molecule has 3 aromatic rings. The minimum Gasteiger partial charge on any atom is -0.497 e. The van der Waals surface area contributed by atoms with E-state index in [1.807, 2.05) is 77.8 Å². The molecule has 1 N–H and O–H groups in total. The molecule has 0 unspecified atom stereocenters. The summed E-state index contributed by atoms with van der Waals surface area (Å²) in [4.78, 5) is 21.1. The van der Waals surface area contributed by atoms with Gasteiger partial charge in [0.05, 0.1) is 24.9 Å². The van der Waals surface area contributed by atoms with E-state index in [9.17, 15) is 9.90 Å². The molecule has 2 heterocycles. The number of ether oxygens (including phenoxy) is 2. The van der Waals surface area contributed by atoms with Gasteiger partial charge < -0.3 is 29.3 Å². The summed E-state index contributed by atoms with van der Waals surface area (Å²) in [5.74, 6) is 1.29. The largest absolute Gasteiger partial charge is 0.497 e. The van der Waals surface area contributed by atoms with Gasteiger partial charge in [-0.05, 0) is 87.5 Å². The van der Waals surface area contributed by atoms with Crippen LogP contribution in [0.5, 0.6) is 5.75 Å². The van der Waals surface area contributed by atoms with E-state index >= 15 is 0 Å². The first-order valence-electron chi connectivity index (χ1n) is 16.9. The van der Waals surface area contributed by atoms with Crippen LogP contribution in [0.3, 0.4) is 0 Å². The molecule has 1 saturated carbocycles.